The molecule has 1 N–H and O–H groups in total. The van der Waals surface area contributed by atoms with E-state index < -0.39 is 0 Å². The van der Waals surface area contributed by atoms with Crippen LogP contribution in [0.25, 0.3) is 11.2 Å². The monoisotopic (exact) mass is 291 g/mol. The summed E-state index contributed by atoms with van der Waals surface area (Å²) in [6.07, 6.45) is 9.90. The molecular weight excluding hydrogens is 270 g/mol. The maximum atomic E-state index is 4.49. The van der Waals surface area contributed by atoms with Crippen molar-refractivity contribution in [2.24, 2.45) is 5.92 Å². The van der Waals surface area contributed by atoms with Crippen LogP contribution in [0.5, 0.6) is 0 Å². The number of aryl methyl sites for hydroxylation is 1. The highest BCUT2D eigenvalue weighted by molar-refractivity contribution is 7.78. The fourth-order valence-corrected chi connectivity index (χ4v) is 2.85. The zero-order chi connectivity index (χ0) is 13.9. The number of rotatable bonds is 7. The van der Waals surface area contributed by atoms with Gasteiger partial charge in [0.1, 0.15) is 11.8 Å². The molecule has 5 nitrogen and oxygen atoms in total. The molecule has 1 aliphatic carbocycles. The predicted molar refractivity (Wildman–Crippen MR) is 82.7 cm³/mol. The first-order valence-corrected chi connectivity index (χ1v) is 7.75. The van der Waals surface area contributed by atoms with Crippen molar-refractivity contribution >= 4 is 24.0 Å². The van der Waals surface area contributed by atoms with Crippen molar-refractivity contribution in [2.75, 3.05) is 6.54 Å². The molecule has 1 saturated carbocycles. The van der Waals surface area contributed by atoms with Gasteiger partial charge in [0.15, 0.2) is 5.65 Å². The van der Waals surface area contributed by atoms with Gasteiger partial charge in [-0.1, -0.05) is 25.7 Å². The van der Waals surface area contributed by atoms with E-state index in [1.165, 1.54) is 25.7 Å². The Balaban J connectivity index is 1.84. The van der Waals surface area contributed by atoms with Gasteiger partial charge >= 0.3 is 0 Å². The van der Waals surface area contributed by atoms with Crippen LogP contribution < -0.4 is 4.72 Å². The van der Waals surface area contributed by atoms with Crippen LogP contribution in [0.3, 0.4) is 0 Å². The summed E-state index contributed by atoms with van der Waals surface area (Å²) < 4.78 is 5.17. The second kappa shape index (κ2) is 6.10. The number of hydrogen-bond donors (Lipinski definition) is 2. The molecule has 1 atom stereocenters. The molecule has 108 valence electrons. The molecule has 0 aliphatic heterocycles. The highest BCUT2D eigenvalue weighted by atomic mass is 32.1. The van der Waals surface area contributed by atoms with Crippen molar-refractivity contribution in [3.63, 3.8) is 0 Å². The third kappa shape index (κ3) is 2.96. The lowest BCUT2D eigenvalue weighted by Crippen LogP contribution is -2.14. The first kappa shape index (κ1) is 13.8. The molecular formula is C14H21N5S. The number of imidazole rings is 1. The highest BCUT2D eigenvalue weighted by Gasteiger charge is 2.24. The van der Waals surface area contributed by atoms with E-state index >= 15 is 0 Å². The number of thiol groups is 1. The van der Waals surface area contributed by atoms with Gasteiger partial charge in [0.2, 0.25) is 0 Å². The van der Waals surface area contributed by atoms with Gasteiger partial charge in [-0.15, -0.1) is 0 Å². The zero-order valence-electron chi connectivity index (χ0n) is 11.8. The molecule has 6 heteroatoms. The molecule has 1 aliphatic rings. The van der Waals surface area contributed by atoms with Crippen LogP contribution in [0.4, 0.5) is 0 Å². The van der Waals surface area contributed by atoms with Crippen molar-refractivity contribution in [1.82, 2.24) is 24.2 Å². The molecule has 1 fully saturated rings. The molecule has 0 saturated heterocycles. The van der Waals surface area contributed by atoms with Crippen molar-refractivity contribution in [2.45, 2.75) is 45.1 Å². The van der Waals surface area contributed by atoms with Gasteiger partial charge in [-0.3, -0.25) is 4.72 Å². The highest BCUT2D eigenvalue weighted by Crippen LogP contribution is 2.36. The third-order valence-corrected chi connectivity index (χ3v) is 4.35. The topological polar surface area (TPSA) is 55.6 Å². The zero-order valence-corrected chi connectivity index (χ0v) is 12.7. The van der Waals surface area contributed by atoms with Gasteiger partial charge < -0.3 is 4.57 Å². The van der Waals surface area contributed by atoms with Crippen LogP contribution in [0.1, 0.15) is 43.8 Å². The van der Waals surface area contributed by atoms with Crippen molar-refractivity contribution in [3.05, 3.63) is 18.3 Å². The van der Waals surface area contributed by atoms with E-state index in [1.807, 2.05) is 13.3 Å². The molecule has 0 spiro atoms. The van der Waals surface area contributed by atoms with Gasteiger partial charge in [-0.05, 0) is 32.1 Å². The van der Waals surface area contributed by atoms with E-state index in [-0.39, 0.29) is 0 Å². The van der Waals surface area contributed by atoms with Crippen LogP contribution in [0, 0.1) is 12.8 Å². The van der Waals surface area contributed by atoms with Gasteiger partial charge in [-0.2, -0.15) is 0 Å². The second-order valence-electron chi connectivity index (χ2n) is 5.65. The normalized spacial score (nSPS) is 16.7. The Bertz CT molecular complexity index is 578. The molecule has 2 aromatic rings. The van der Waals surface area contributed by atoms with Crippen LogP contribution in [-0.2, 0) is 0 Å². The largest absolute Gasteiger partial charge is 0.312 e. The molecule has 0 bridgehead atoms. The molecule has 0 amide bonds. The van der Waals surface area contributed by atoms with E-state index in [9.17, 15) is 0 Å². The molecule has 3 rings (SSSR count). The SMILES string of the molecule is Cc1ncnc2c1ncn2C(CCNS)CCC1CC1. The summed E-state index contributed by atoms with van der Waals surface area (Å²) in [7, 11) is 0. The molecule has 1 unspecified atom stereocenters. The Morgan fingerprint density at radius 1 is 1.35 bits per heavy atom. The van der Waals surface area contributed by atoms with Gasteiger partial charge in [0, 0.05) is 12.6 Å². The summed E-state index contributed by atoms with van der Waals surface area (Å²) in [6.45, 7) is 2.87. The minimum absolute atomic E-state index is 0.439. The van der Waals surface area contributed by atoms with Crippen molar-refractivity contribution in [3.8, 4) is 0 Å². The Kier molecular flexibility index (Phi) is 4.21. The van der Waals surface area contributed by atoms with Crippen LogP contribution in [-0.4, -0.2) is 26.1 Å². The molecule has 0 aromatic carbocycles. The quantitative estimate of drug-likeness (QED) is 0.770. The summed E-state index contributed by atoms with van der Waals surface area (Å²) in [5.74, 6) is 0.951. The molecule has 20 heavy (non-hydrogen) atoms. The lowest BCUT2D eigenvalue weighted by atomic mass is 10.1. The maximum Gasteiger partial charge on any atom is 0.163 e. The van der Waals surface area contributed by atoms with E-state index in [2.05, 4.69) is 37.1 Å². The number of nitrogens with one attached hydrogen (secondary N) is 1. The minimum Gasteiger partial charge on any atom is -0.312 e. The Labute approximate surface area is 124 Å². The third-order valence-electron chi connectivity index (χ3n) is 4.13. The van der Waals surface area contributed by atoms with Crippen LogP contribution >= 0.6 is 12.8 Å². The number of fused-ring (bicyclic) bond motifs is 1. The fourth-order valence-electron chi connectivity index (χ4n) is 2.72. The van der Waals surface area contributed by atoms with Gasteiger partial charge in [0.05, 0.1) is 12.0 Å². The Morgan fingerprint density at radius 3 is 2.95 bits per heavy atom. The van der Waals surface area contributed by atoms with E-state index in [0.717, 1.165) is 35.7 Å². The summed E-state index contributed by atoms with van der Waals surface area (Å²) in [5.41, 5.74) is 2.82. The van der Waals surface area contributed by atoms with E-state index in [4.69, 9.17) is 0 Å². The number of nitrogens with zero attached hydrogens (tertiary/aromatic N) is 4. The number of aromatic nitrogens is 4. The second-order valence-corrected chi connectivity index (χ2v) is 5.97. The lowest BCUT2D eigenvalue weighted by Gasteiger charge is -2.18. The first-order valence-electron chi connectivity index (χ1n) is 7.30. The first-order chi connectivity index (χ1) is 9.79. The average Bonchev–Trinajstić information content (AvgIpc) is 3.18. The standard InChI is InChI=1S/C14H21N5S/c1-10-13-14(16-8-15-10)19(9-17-13)12(6-7-18-20)5-4-11-2-3-11/h8-9,11-12,18,20H,2-7H2,1H3. The van der Waals surface area contributed by atoms with Gasteiger partial charge in [-0.25, -0.2) is 15.0 Å². The maximum absolute atomic E-state index is 4.49. The smallest absolute Gasteiger partial charge is 0.163 e. The van der Waals surface area contributed by atoms with Gasteiger partial charge in [0.25, 0.3) is 0 Å². The van der Waals surface area contributed by atoms with E-state index in [1.54, 1.807) is 6.33 Å². The van der Waals surface area contributed by atoms with E-state index in [0.29, 0.717) is 6.04 Å². The summed E-state index contributed by atoms with van der Waals surface area (Å²) >= 11 is 4.10. The lowest BCUT2D eigenvalue weighted by molar-refractivity contribution is 0.420. The minimum atomic E-state index is 0.439. The number of hydrogen-bond acceptors (Lipinski definition) is 5. The average molecular weight is 291 g/mol. The summed E-state index contributed by atoms with van der Waals surface area (Å²) in [4.78, 5) is 13.1. The van der Waals surface area contributed by atoms with Crippen LogP contribution in [0.2, 0.25) is 0 Å². The summed E-state index contributed by atoms with van der Waals surface area (Å²) in [5, 5.41) is 0. The molecule has 2 aromatic heterocycles. The van der Waals surface area contributed by atoms with Crippen molar-refractivity contribution < 1.29 is 0 Å². The van der Waals surface area contributed by atoms with Crippen molar-refractivity contribution in [1.29, 1.82) is 0 Å². The fraction of sp³-hybridized carbons (Fsp3) is 0.643. The van der Waals surface area contributed by atoms with Crippen LogP contribution in [0.15, 0.2) is 12.7 Å². The molecule has 0 radical (unpaired) electrons. The molecule has 2 heterocycles. The summed E-state index contributed by atoms with van der Waals surface area (Å²) in [6, 6.07) is 0.439. The Hall–Kier alpha value is -1.14. The Morgan fingerprint density at radius 2 is 2.20 bits per heavy atom. The predicted octanol–water partition coefficient (Wildman–Crippen LogP) is 2.69.